The predicted octanol–water partition coefficient (Wildman–Crippen LogP) is 25.5. The van der Waals surface area contributed by atoms with Crippen LogP contribution >= 0.6 is 15.6 Å². The van der Waals surface area contributed by atoms with Crippen LogP contribution in [0.1, 0.15) is 446 Å². The second-order valence-corrected chi connectivity index (χ2v) is 34.1. The van der Waals surface area contributed by atoms with Crippen LogP contribution in [-0.2, 0) is 65.4 Å². The molecule has 2 unspecified atom stereocenters. The maximum atomic E-state index is 13.1. The van der Waals surface area contributed by atoms with Crippen molar-refractivity contribution in [3.05, 3.63) is 0 Å². The average molecular weight is 1510 g/mol. The number of carbonyl (C=O) groups is 4. The highest BCUT2D eigenvalue weighted by Crippen LogP contribution is 2.45. The van der Waals surface area contributed by atoms with Crippen LogP contribution in [0.15, 0.2) is 0 Å². The third-order valence-corrected chi connectivity index (χ3v) is 21.6. The first-order valence-corrected chi connectivity index (χ1v) is 46.5. The van der Waals surface area contributed by atoms with Crippen molar-refractivity contribution in [3.8, 4) is 0 Å². The Morgan fingerprint density at radius 3 is 0.660 bits per heavy atom. The quantitative estimate of drug-likeness (QED) is 0.0222. The molecule has 0 spiro atoms. The Kier molecular flexibility index (Phi) is 74.1. The van der Waals surface area contributed by atoms with Crippen LogP contribution in [0, 0.1) is 11.8 Å². The zero-order valence-corrected chi connectivity index (χ0v) is 69.4. The first-order chi connectivity index (χ1) is 49.9. The van der Waals surface area contributed by atoms with E-state index in [1.807, 2.05) is 0 Å². The Morgan fingerprint density at radius 1 is 0.262 bits per heavy atom. The van der Waals surface area contributed by atoms with Crippen molar-refractivity contribution in [1.29, 1.82) is 0 Å². The molecule has 0 aromatic rings. The smallest absolute Gasteiger partial charge is 0.462 e. The molecule has 103 heavy (non-hydrogen) atoms. The highest BCUT2D eigenvalue weighted by Gasteiger charge is 2.30. The molecule has 0 saturated heterocycles. The van der Waals surface area contributed by atoms with Crippen LogP contribution in [0.3, 0.4) is 0 Å². The van der Waals surface area contributed by atoms with Gasteiger partial charge in [-0.3, -0.25) is 37.3 Å². The molecule has 17 nitrogen and oxygen atoms in total. The van der Waals surface area contributed by atoms with E-state index >= 15 is 0 Å². The fraction of sp³-hybridized carbons (Fsp3) is 0.952. The van der Waals surface area contributed by atoms with Gasteiger partial charge in [-0.1, -0.05) is 395 Å². The first-order valence-electron chi connectivity index (χ1n) is 43.5. The molecule has 0 aliphatic carbocycles. The van der Waals surface area contributed by atoms with Gasteiger partial charge in [0.2, 0.25) is 0 Å². The van der Waals surface area contributed by atoms with Crippen LogP contribution in [0.2, 0.25) is 0 Å². The monoisotopic (exact) mass is 1510 g/mol. The maximum absolute atomic E-state index is 13.1. The lowest BCUT2D eigenvalue weighted by Gasteiger charge is -2.21. The topological polar surface area (TPSA) is 237 Å². The highest BCUT2D eigenvalue weighted by molar-refractivity contribution is 7.47. The van der Waals surface area contributed by atoms with Crippen molar-refractivity contribution in [3.63, 3.8) is 0 Å². The molecule has 0 aliphatic rings. The Morgan fingerprint density at radius 2 is 0.447 bits per heavy atom. The molecule has 612 valence electrons. The molecule has 3 N–H and O–H groups in total. The molecule has 0 aliphatic heterocycles. The summed E-state index contributed by atoms with van der Waals surface area (Å²) in [5, 5.41) is 10.7. The van der Waals surface area contributed by atoms with Crippen molar-refractivity contribution < 1.29 is 80.2 Å². The molecule has 19 heteroatoms. The summed E-state index contributed by atoms with van der Waals surface area (Å²) in [6.45, 7) is 9.67. The predicted molar refractivity (Wildman–Crippen MR) is 423 cm³/mol. The van der Waals surface area contributed by atoms with Gasteiger partial charge in [0.25, 0.3) is 0 Å². The second-order valence-electron chi connectivity index (χ2n) is 31.2. The normalized spacial score (nSPS) is 13.9. The molecule has 0 bridgehead atoms. The number of phosphoric ester groups is 2. The molecule has 0 radical (unpaired) electrons. The molecule has 0 amide bonds. The van der Waals surface area contributed by atoms with Crippen LogP contribution in [0.4, 0.5) is 0 Å². The van der Waals surface area contributed by atoms with Gasteiger partial charge in [-0.05, 0) is 37.5 Å². The number of rotatable bonds is 83. The minimum atomic E-state index is -4.96. The number of hydrogen-bond acceptors (Lipinski definition) is 15. The van der Waals surface area contributed by atoms with Gasteiger partial charge < -0.3 is 33.8 Å². The van der Waals surface area contributed by atoms with Crippen molar-refractivity contribution >= 4 is 39.5 Å². The fourth-order valence-corrected chi connectivity index (χ4v) is 14.6. The van der Waals surface area contributed by atoms with Crippen molar-refractivity contribution in [2.75, 3.05) is 39.6 Å². The van der Waals surface area contributed by atoms with Gasteiger partial charge >= 0.3 is 39.5 Å². The number of carbonyl (C=O) groups excluding carboxylic acids is 4. The van der Waals surface area contributed by atoms with Crippen LogP contribution in [0.5, 0.6) is 0 Å². The van der Waals surface area contributed by atoms with E-state index in [9.17, 15) is 43.2 Å². The summed E-state index contributed by atoms with van der Waals surface area (Å²) >= 11 is 0. The number of aliphatic hydroxyl groups is 1. The van der Waals surface area contributed by atoms with E-state index in [2.05, 4.69) is 41.5 Å². The summed E-state index contributed by atoms with van der Waals surface area (Å²) in [4.78, 5) is 73.0. The number of aliphatic hydroxyl groups excluding tert-OH is 1. The maximum Gasteiger partial charge on any atom is 0.472 e. The molecule has 0 heterocycles. The Bertz CT molecular complexity index is 1980. The number of ether oxygens (including phenoxy) is 4. The van der Waals surface area contributed by atoms with Crippen molar-refractivity contribution in [2.45, 2.75) is 464 Å². The molecule has 0 saturated carbocycles. The fourth-order valence-electron chi connectivity index (χ4n) is 13.1. The number of esters is 4. The lowest BCUT2D eigenvalue weighted by atomic mass is 10.0. The van der Waals surface area contributed by atoms with Gasteiger partial charge in [-0.2, -0.15) is 0 Å². The molecule has 0 aromatic heterocycles. The van der Waals surface area contributed by atoms with E-state index in [0.29, 0.717) is 25.7 Å². The van der Waals surface area contributed by atoms with Gasteiger partial charge in [-0.15, -0.1) is 0 Å². The first kappa shape index (κ1) is 101. The molecular formula is C84H164O17P2. The Balaban J connectivity index is 5.19. The summed E-state index contributed by atoms with van der Waals surface area (Å²) in [5.74, 6) is -0.513. The highest BCUT2D eigenvalue weighted by atomic mass is 31.2. The SMILES string of the molecule is CCCCCCCCCCCCCCCCCCCCCCCC(=O)O[C@H](COC(=O)CCCCCCCCCCCCCCCCC(C)C)COP(=O)(O)OC[C@@H](O)COP(=O)(O)OC[C@@H](COC(=O)CCCCCCCCCC)OC(=O)CCCCCCCCCCCCCCCCC(C)C. The van der Waals surface area contributed by atoms with Gasteiger partial charge in [0.05, 0.1) is 26.4 Å². The second kappa shape index (κ2) is 75.5. The molecule has 5 atom stereocenters. The molecule has 0 fully saturated rings. The Labute approximate surface area is 632 Å². The van der Waals surface area contributed by atoms with Gasteiger partial charge in [-0.25, -0.2) is 9.13 Å². The number of hydrogen-bond donors (Lipinski definition) is 3. The third kappa shape index (κ3) is 78.0. The van der Waals surface area contributed by atoms with E-state index in [1.54, 1.807) is 0 Å². The summed E-state index contributed by atoms with van der Waals surface area (Å²) in [5.41, 5.74) is 0. The van der Waals surface area contributed by atoms with E-state index < -0.39 is 97.5 Å². The van der Waals surface area contributed by atoms with E-state index in [1.165, 1.54) is 257 Å². The summed E-state index contributed by atoms with van der Waals surface area (Å²) in [7, 11) is -9.92. The number of unbranched alkanes of at least 4 members (excludes halogenated alkanes) is 53. The van der Waals surface area contributed by atoms with Gasteiger partial charge in [0, 0.05) is 25.7 Å². The standard InChI is InChI=1S/C84H164O17P2/c1-7-9-11-13-15-17-18-19-20-21-22-23-24-25-26-34-39-44-50-56-62-68-84(89)101-80(73-95-82(87)67-61-55-49-43-38-33-29-27-31-36-41-46-52-58-64-76(3)4)75-99-103(92,93)97-71-78(85)70-96-102(90,91)98-74-79(72-94-81(86)66-60-54-48-16-14-12-10-8-2)100-83(88)69-63-57-51-45-40-35-30-28-32-37-42-47-53-59-65-77(5)6/h76-80,85H,7-75H2,1-6H3,(H,90,91)(H,92,93)/t78-,79+,80+/m0/s1. The third-order valence-electron chi connectivity index (χ3n) is 19.7. The van der Waals surface area contributed by atoms with Crippen LogP contribution in [0.25, 0.3) is 0 Å². The van der Waals surface area contributed by atoms with E-state index in [-0.39, 0.29) is 25.7 Å². The molecular weight excluding hydrogens is 1340 g/mol. The summed E-state index contributed by atoms with van der Waals surface area (Å²) in [6, 6.07) is 0. The summed E-state index contributed by atoms with van der Waals surface area (Å²) in [6.07, 6.45) is 66.8. The van der Waals surface area contributed by atoms with Crippen molar-refractivity contribution in [2.24, 2.45) is 11.8 Å². The average Bonchev–Trinajstić information content (AvgIpc) is 0.916. The van der Waals surface area contributed by atoms with Crippen LogP contribution < -0.4 is 0 Å². The van der Waals surface area contributed by atoms with Crippen molar-refractivity contribution in [1.82, 2.24) is 0 Å². The minimum Gasteiger partial charge on any atom is -0.462 e. The molecule has 0 rings (SSSR count). The van der Waals surface area contributed by atoms with Gasteiger partial charge in [0.15, 0.2) is 12.2 Å². The zero-order valence-electron chi connectivity index (χ0n) is 67.6. The lowest BCUT2D eigenvalue weighted by Crippen LogP contribution is -2.30. The zero-order chi connectivity index (χ0) is 75.6. The minimum absolute atomic E-state index is 0.108. The van der Waals surface area contributed by atoms with E-state index in [0.717, 1.165) is 108 Å². The van der Waals surface area contributed by atoms with E-state index in [4.69, 9.17) is 37.0 Å². The lowest BCUT2D eigenvalue weighted by molar-refractivity contribution is -0.161. The van der Waals surface area contributed by atoms with Crippen LogP contribution in [-0.4, -0.2) is 96.7 Å². The largest absolute Gasteiger partial charge is 0.472 e. The number of phosphoric acid groups is 2. The Hall–Kier alpha value is -1.94. The van der Waals surface area contributed by atoms with Gasteiger partial charge in [0.1, 0.15) is 19.3 Å². The summed E-state index contributed by atoms with van der Waals surface area (Å²) < 4.78 is 68.8. The molecule has 0 aromatic carbocycles.